The van der Waals surface area contributed by atoms with Gasteiger partial charge in [0.15, 0.2) is 0 Å². The number of hydrogen-bond acceptors (Lipinski definition) is 5. The molecule has 0 saturated carbocycles. The lowest BCUT2D eigenvalue weighted by atomic mass is 9.97. The van der Waals surface area contributed by atoms with E-state index in [1.54, 1.807) is 0 Å². The maximum Gasteiger partial charge on any atom is 0.311 e. The molecule has 25 heavy (non-hydrogen) atoms. The van der Waals surface area contributed by atoms with Crippen LogP contribution in [0.1, 0.15) is 48.6 Å². The fourth-order valence-electron chi connectivity index (χ4n) is 3.78. The Morgan fingerprint density at radius 2 is 1.80 bits per heavy atom. The van der Waals surface area contributed by atoms with Gasteiger partial charge in [-0.15, -0.1) is 0 Å². The Morgan fingerprint density at radius 3 is 2.36 bits per heavy atom. The number of amides is 2. The summed E-state index contributed by atoms with van der Waals surface area (Å²) >= 11 is 0. The summed E-state index contributed by atoms with van der Waals surface area (Å²) in [5, 5.41) is 9.71. The Morgan fingerprint density at radius 1 is 1.16 bits per heavy atom. The van der Waals surface area contributed by atoms with Crippen LogP contribution in [0.3, 0.4) is 0 Å². The third-order valence-electron chi connectivity index (χ3n) is 5.01. The van der Waals surface area contributed by atoms with Crippen molar-refractivity contribution >= 4 is 17.6 Å². The molecule has 132 valence electrons. The number of carbonyl (C=O) groups is 2. The molecule has 0 bridgehead atoms. The van der Waals surface area contributed by atoms with Crippen LogP contribution in [0.4, 0.5) is 5.82 Å². The van der Waals surface area contributed by atoms with Crippen LogP contribution in [0.15, 0.2) is 0 Å². The lowest BCUT2D eigenvalue weighted by Crippen LogP contribution is -2.52. The minimum atomic E-state index is -0.927. The van der Waals surface area contributed by atoms with Gasteiger partial charge in [0.2, 0.25) is 0 Å². The number of nitriles is 1. The zero-order valence-corrected chi connectivity index (χ0v) is 14.7. The number of piperazine rings is 1. The molecule has 1 fully saturated rings. The first-order valence-electron chi connectivity index (χ1n) is 8.73. The summed E-state index contributed by atoms with van der Waals surface area (Å²) in [5.74, 6) is -0.553. The molecule has 0 spiro atoms. The van der Waals surface area contributed by atoms with Gasteiger partial charge >= 0.3 is 11.8 Å². The van der Waals surface area contributed by atoms with Gasteiger partial charge in [-0.3, -0.25) is 9.59 Å². The molecule has 0 radical (unpaired) electrons. The summed E-state index contributed by atoms with van der Waals surface area (Å²) in [6.07, 6.45) is 2.98. The molecule has 7 heteroatoms. The third-order valence-corrected chi connectivity index (χ3v) is 5.01. The summed E-state index contributed by atoms with van der Waals surface area (Å²) < 4.78 is 0. The van der Waals surface area contributed by atoms with Gasteiger partial charge in [0.1, 0.15) is 11.9 Å². The molecule has 2 amide bonds. The largest absolute Gasteiger partial charge is 0.361 e. The smallest absolute Gasteiger partial charge is 0.311 e. The minimum absolute atomic E-state index is 0.302. The van der Waals surface area contributed by atoms with Crippen molar-refractivity contribution in [1.29, 1.82) is 5.26 Å². The second kappa shape index (κ2) is 6.71. The molecular weight excluding hydrogens is 318 g/mol. The van der Waals surface area contributed by atoms with Crippen molar-refractivity contribution in [3.63, 3.8) is 0 Å². The van der Waals surface area contributed by atoms with Crippen molar-refractivity contribution in [2.75, 3.05) is 31.1 Å². The van der Waals surface area contributed by atoms with E-state index in [2.05, 4.69) is 19.9 Å². The summed E-state index contributed by atoms with van der Waals surface area (Å²) in [6, 6.07) is 2.35. The molecule has 2 N–H and O–H groups in total. The van der Waals surface area contributed by atoms with E-state index >= 15 is 0 Å². The first-order chi connectivity index (χ1) is 11.9. The van der Waals surface area contributed by atoms with E-state index in [0.717, 1.165) is 36.3 Å². The standard InChI is InChI=1S/C18H23N5O2/c1-11(2)15-13-5-3-4-12(13)14(10-19)17(21-15)22-6-8-23(9-7-22)18(25)16(20)24/h11H,3-9H2,1-2H3,(H2,20,24). The van der Waals surface area contributed by atoms with E-state index in [1.165, 1.54) is 10.5 Å². The highest BCUT2D eigenvalue weighted by atomic mass is 16.2. The number of carbonyl (C=O) groups excluding carboxylic acids is 2. The highest BCUT2D eigenvalue weighted by Crippen LogP contribution is 2.35. The van der Waals surface area contributed by atoms with Gasteiger partial charge in [0.05, 0.1) is 5.56 Å². The molecule has 0 aromatic carbocycles. The van der Waals surface area contributed by atoms with Crippen LogP contribution < -0.4 is 10.6 Å². The normalized spacial score (nSPS) is 16.7. The highest BCUT2D eigenvalue weighted by Gasteiger charge is 2.30. The Balaban J connectivity index is 1.91. The number of nitrogens with two attached hydrogens (primary N) is 1. The zero-order valence-electron chi connectivity index (χ0n) is 14.7. The predicted octanol–water partition coefficient (Wildman–Crippen LogP) is 0.699. The van der Waals surface area contributed by atoms with E-state index in [4.69, 9.17) is 10.7 Å². The topological polar surface area (TPSA) is 103 Å². The summed E-state index contributed by atoms with van der Waals surface area (Å²) in [4.78, 5) is 31.1. The number of aromatic nitrogens is 1. The van der Waals surface area contributed by atoms with Crippen LogP contribution in [0.25, 0.3) is 0 Å². The van der Waals surface area contributed by atoms with Gasteiger partial charge in [-0.2, -0.15) is 5.26 Å². The van der Waals surface area contributed by atoms with Gasteiger partial charge in [-0.25, -0.2) is 4.98 Å². The first-order valence-corrected chi connectivity index (χ1v) is 8.73. The van der Waals surface area contributed by atoms with Crippen molar-refractivity contribution in [2.45, 2.75) is 39.0 Å². The van der Waals surface area contributed by atoms with Crippen molar-refractivity contribution in [3.8, 4) is 6.07 Å². The number of rotatable bonds is 2. The number of primary amides is 1. The van der Waals surface area contributed by atoms with E-state index in [-0.39, 0.29) is 0 Å². The van der Waals surface area contributed by atoms with Crippen molar-refractivity contribution in [2.24, 2.45) is 5.73 Å². The number of pyridine rings is 1. The molecule has 7 nitrogen and oxygen atoms in total. The predicted molar refractivity (Wildman–Crippen MR) is 93.1 cm³/mol. The van der Waals surface area contributed by atoms with Crippen LogP contribution in [-0.2, 0) is 22.4 Å². The summed E-state index contributed by atoms with van der Waals surface area (Å²) in [6.45, 7) is 6.14. The molecule has 1 aromatic heterocycles. The lowest BCUT2D eigenvalue weighted by Gasteiger charge is -2.35. The Labute approximate surface area is 147 Å². The average Bonchev–Trinajstić information content (AvgIpc) is 3.09. The Hall–Kier alpha value is -2.62. The van der Waals surface area contributed by atoms with Crippen LogP contribution in [-0.4, -0.2) is 47.9 Å². The second-order valence-corrected chi connectivity index (χ2v) is 6.92. The maximum atomic E-state index is 11.7. The molecule has 2 aliphatic rings. The summed E-state index contributed by atoms with van der Waals surface area (Å²) in [7, 11) is 0. The van der Waals surface area contributed by atoms with Crippen LogP contribution in [0.5, 0.6) is 0 Å². The Kier molecular flexibility index (Phi) is 4.62. The van der Waals surface area contributed by atoms with E-state index in [9.17, 15) is 14.9 Å². The third kappa shape index (κ3) is 3.04. The van der Waals surface area contributed by atoms with Crippen molar-refractivity contribution in [3.05, 3.63) is 22.4 Å². The maximum absolute atomic E-state index is 11.7. The highest BCUT2D eigenvalue weighted by molar-refractivity contribution is 6.34. The lowest BCUT2D eigenvalue weighted by molar-refractivity contribution is -0.144. The summed E-state index contributed by atoms with van der Waals surface area (Å²) in [5.41, 5.74) is 9.22. The molecule has 3 rings (SSSR count). The molecule has 1 saturated heterocycles. The van der Waals surface area contributed by atoms with Gasteiger partial charge in [0, 0.05) is 31.9 Å². The zero-order chi connectivity index (χ0) is 18.1. The number of fused-ring (bicyclic) bond motifs is 1. The van der Waals surface area contributed by atoms with Crippen LogP contribution >= 0.6 is 0 Å². The number of hydrogen-bond donors (Lipinski definition) is 1. The molecule has 2 heterocycles. The van der Waals surface area contributed by atoms with Crippen molar-refractivity contribution in [1.82, 2.24) is 9.88 Å². The first kappa shape index (κ1) is 17.2. The van der Waals surface area contributed by atoms with Gasteiger partial charge < -0.3 is 15.5 Å². The monoisotopic (exact) mass is 341 g/mol. The van der Waals surface area contributed by atoms with E-state index in [1.807, 2.05) is 4.90 Å². The molecule has 1 aromatic rings. The van der Waals surface area contributed by atoms with Gasteiger partial charge in [-0.1, -0.05) is 13.8 Å². The molecule has 0 unspecified atom stereocenters. The molecule has 0 atom stereocenters. The minimum Gasteiger partial charge on any atom is -0.361 e. The van der Waals surface area contributed by atoms with Gasteiger partial charge in [-0.05, 0) is 36.3 Å². The van der Waals surface area contributed by atoms with E-state index < -0.39 is 11.8 Å². The van der Waals surface area contributed by atoms with Crippen LogP contribution in [0, 0.1) is 11.3 Å². The Bertz CT molecular complexity index is 758. The second-order valence-electron chi connectivity index (χ2n) is 6.92. The van der Waals surface area contributed by atoms with Crippen molar-refractivity contribution < 1.29 is 9.59 Å². The number of anilines is 1. The van der Waals surface area contributed by atoms with Gasteiger partial charge in [0.25, 0.3) is 0 Å². The fraction of sp³-hybridized carbons (Fsp3) is 0.556. The number of nitrogens with zero attached hydrogens (tertiary/aromatic N) is 4. The molecular formula is C18H23N5O2. The molecule has 1 aliphatic carbocycles. The SMILES string of the molecule is CC(C)c1nc(N2CCN(C(=O)C(N)=O)CC2)c(C#N)c2c1CCC2. The van der Waals surface area contributed by atoms with Crippen LogP contribution in [0.2, 0.25) is 0 Å². The quantitative estimate of drug-likeness (QED) is 0.798. The average molecular weight is 341 g/mol. The van der Waals surface area contributed by atoms with E-state index in [0.29, 0.717) is 37.7 Å². The fourth-order valence-corrected chi connectivity index (χ4v) is 3.78. The molecule has 1 aliphatic heterocycles.